The van der Waals surface area contributed by atoms with E-state index < -0.39 is 0 Å². The van der Waals surface area contributed by atoms with Gasteiger partial charge in [-0.3, -0.25) is 0 Å². The molecule has 1 aliphatic rings. The zero-order valence-corrected chi connectivity index (χ0v) is 8.26. The van der Waals surface area contributed by atoms with Crippen LogP contribution in [0.3, 0.4) is 0 Å². The lowest BCUT2D eigenvalue weighted by molar-refractivity contribution is -0.114. The lowest BCUT2D eigenvalue weighted by Gasteiger charge is -2.25. The van der Waals surface area contributed by atoms with Gasteiger partial charge in [0.15, 0.2) is 0 Å². The maximum Gasteiger partial charge on any atom is 0.124 e. The second-order valence-electron chi connectivity index (χ2n) is 4.64. The van der Waals surface area contributed by atoms with Gasteiger partial charge in [0.05, 0.1) is 0 Å². The lowest BCUT2D eigenvalue weighted by atomic mass is 9.78. The van der Waals surface area contributed by atoms with E-state index in [0.29, 0.717) is 5.92 Å². The van der Waals surface area contributed by atoms with Gasteiger partial charge in [0.1, 0.15) is 6.29 Å². The van der Waals surface area contributed by atoms with E-state index in [1.807, 2.05) is 6.92 Å². The van der Waals surface area contributed by atoms with Crippen LogP contribution >= 0.6 is 0 Å². The highest BCUT2D eigenvalue weighted by Crippen LogP contribution is 2.47. The maximum atomic E-state index is 10.9. The van der Waals surface area contributed by atoms with E-state index in [2.05, 4.69) is 20.4 Å². The normalized spacial score (nSPS) is 33.2. The van der Waals surface area contributed by atoms with E-state index in [9.17, 15) is 4.79 Å². The molecule has 1 aliphatic carbocycles. The van der Waals surface area contributed by atoms with Gasteiger partial charge in [0.2, 0.25) is 0 Å². The summed E-state index contributed by atoms with van der Waals surface area (Å²) in [4.78, 5) is 10.9. The topological polar surface area (TPSA) is 17.1 Å². The SMILES string of the molecule is C=C(C)[C@H]1CCC(C)(C)[C@@H]1C=O. The van der Waals surface area contributed by atoms with Gasteiger partial charge < -0.3 is 4.79 Å². The van der Waals surface area contributed by atoms with Gasteiger partial charge >= 0.3 is 0 Å². The Morgan fingerprint density at radius 1 is 1.58 bits per heavy atom. The Morgan fingerprint density at radius 3 is 2.50 bits per heavy atom. The fraction of sp³-hybridized carbons (Fsp3) is 0.727. The average molecular weight is 166 g/mol. The number of carbonyl (C=O) groups is 1. The highest BCUT2D eigenvalue weighted by Gasteiger charge is 2.41. The van der Waals surface area contributed by atoms with Gasteiger partial charge in [0.25, 0.3) is 0 Å². The molecule has 0 N–H and O–H groups in total. The van der Waals surface area contributed by atoms with Gasteiger partial charge in [-0.1, -0.05) is 26.0 Å². The molecule has 12 heavy (non-hydrogen) atoms. The van der Waals surface area contributed by atoms with Crippen molar-refractivity contribution < 1.29 is 4.79 Å². The first-order valence-corrected chi connectivity index (χ1v) is 4.60. The standard InChI is InChI=1S/C11H18O/c1-8(2)9-5-6-11(3,4)10(9)7-12/h7,9-10H,1,5-6H2,2-4H3/t9-,10-/m1/s1. The predicted octanol–water partition coefficient (Wildman–Crippen LogP) is 2.81. The fourth-order valence-corrected chi connectivity index (χ4v) is 2.25. The highest BCUT2D eigenvalue weighted by atomic mass is 16.1. The van der Waals surface area contributed by atoms with Gasteiger partial charge in [-0.2, -0.15) is 0 Å². The zero-order chi connectivity index (χ0) is 9.35. The number of rotatable bonds is 2. The molecular formula is C11H18O. The molecule has 2 atom stereocenters. The molecule has 0 saturated heterocycles. The summed E-state index contributed by atoms with van der Waals surface area (Å²) in [5.74, 6) is 0.618. The van der Waals surface area contributed by atoms with Crippen molar-refractivity contribution in [1.29, 1.82) is 0 Å². The second-order valence-corrected chi connectivity index (χ2v) is 4.64. The molecule has 0 bridgehead atoms. The summed E-state index contributed by atoms with van der Waals surface area (Å²) < 4.78 is 0. The third-order valence-electron chi connectivity index (χ3n) is 3.22. The second kappa shape index (κ2) is 3.04. The van der Waals surface area contributed by atoms with Crippen molar-refractivity contribution in [2.24, 2.45) is 17.3 Å². The summed E-state index contributed by atoms with van der Waals surface area (Å²) in [6.45, 7) is 10.3. The molecule has 1 rings (SSSR count). The molecule has 0 aromatic heterocycles. The van der Waals surface area contributed by atoms with E-state index in [-0.39, 0.29) is 11.3 Å². The van der Waals surface area contributed by atoms with Crippen molar-refractivity contribution >= 4 is 6.29 Å². The summed E-state index contributed by atoms with van der Waals surface area (Å²) in [7, 11) is 0. The van der Waals surface area contributed by atoms with E-state index in [1.165, 1.54) is 0 Å². The van der Waals surface area contributed by atoms with Crippen LogP contribution in [-0.4, -0.2) is 6.29 Å². The van der Waals surface area contributed by atoms with Crippen LogP contribution in [0.4, 0.5) is 0 Å². The lowest BCUT2D eigenvalue weighted by Crippen LogP contribution is -2.23. The third kappa shape index (κ3) is 1.45. The van der Waals surface area contributed by atoms with Crippen LogP contribution in [0, 0.1) is 17.3 Å². The van der Waals surface area contributed by atoms with Crippen molar-refractivity contribution in [1.82, 2.24) is 0 Å². The number of carbonyl (C=O) groups excluding carboxylic acids is 1. The Labute approximate surface area is 74.9 Å². The predicted molar refractivity (Wildman–Crippen MR) is 50.9 cm³/mol. The van der Waals surface area contributed by atoms with Crippen LogP contribution in [0.25, 0.3) is 0 Å². The Hall–Kier alpha value is -0.590. The Bertz CT molecular complexity index is 203. The molecular weight excluding hydrogens is 148 g/mol. The van der Waals surface area contributed by atoms with Gasteiger partial charge in [0, 0.05) is 5.92 Å². The van der Waals surface area contributed by atoms with E-state index >= 15 is 0 Å². The molecule has 0 amide bonds. The van der Waals surface area contributed by atoms with Crippen LogP contribution in [0.15, 0.2) is 12.2 Å². The summed E-state index contributed by atoms with van der Waals surface area (Å²) in [6, 6.07) is 0. The smallest absolute Gasteiger partial charge is 0.124 e. The van der Waals surface area contributed by atoms with E-state index in [4.69, 9.17) is 0 Å². The molecule has 1 heteroatoms. The van der Waals surface area contributed by atoms with E-state index in [1.54, 1.807) is 0 Å². The molecule has 0 aliphatic heterocycles. The Kier molecular flexibility index (Phi) is 2.41. The minimum atomic E-state index is 0.186. The van der Waals surface area contributed by atoms with Crippen LogP contribution in [0.5, 0.6) is 0 Å². The zero-order valence-electron chi connectivity index (χ0n) is 8.26. The number of hydrogen-bond acceptors (Lipinski definition) is 1. The molecule has 0 aromatic rings. The van der Waals surface area contributed by atoms with Crippen LogP contribution in [0.1, 0.15) is 33.6 Å². The number of hydrogen-bond donors (Lipinski definition) is 0. The van der Waals surface area contributed by atoms with Crippen molar-refractivity contribution in [3.8, 4) is 0 Å². The van der Waals surface area contributed by atoms with E-state index in [0.717, 1.165) is 24.7 Å². The summed E-state index contributed by atoms with van der Waals surface area (Å²) in [5.41, 5.74) is 1.35. The molecule has 1 fully saturated rings. The molecule has 1 nitrogen and oxygen atoms in total. The maximum absolute atomic E-state index is 10.9. The van der Waals surface area contributed by atoms with Crippen molar-refractivity contribution in [2.45, 2.75) is 33.6 Å². The minimum absolute atomic E-state index is 0.186. The summed E-state index contributed by atoms with van der Waals surface area (Å²) in [6.07, 6.45) is 3.39. The molecule has 0 heterocycles. The number of aldehydes is 1. The first-order chi connectivity index (χ1) is 5.49. The molecule has 0 radical (unpaired) electrons. The van der Waals surface area contributed by atoms with Crippen LogP contribution in [0.2, 0.25) is 0 Å². The van der Waals surface area contributed by atoms with Crippen LogP contribution in [-0.2, 0) is 4.79 Å². The monoisotopic (exact) mass is 166 g/mol. The fourth-order valence-electron chi connectivity index (χ4n) is 2.25. The Morgan fingerprint density at radius 2 is 2.17 bits per heavy atom. The Balaban J connectivity index is 2.83. The molecule has 68 valence electrons. The van der Waals surface area contributed by atoms with Gasteiger partial charge in [-0.15, -0.1) is 0 Å². The first kappa shape index (κ1) is 9.50. The largest absolute Gasteiger partial charge is 0.303 e. The van der Waals surface area contributed by atoms with Gasteiger partial charge in [-0.25, -0.2) is 0 Å². The van der Waals surface area contributed by atoms with Crippen molar-refractivity contribution in [3.63, 3.8) is 0 Å². The molecule has 1 saturated carbocycles. The number of allylic oxidation sites excluding steroid dienone is 1. The van der Waals surface area contributed by atoms with Crippen molar-refractivity contribution in [3.05, 3.63) is 12.2 Å². The quantitative estimate of drug-likeness (QED) is 0.455. The molecule has 0 aromatic carbocycles. The third-order valence-corrected chi connectivity index (χ3v) is 3.22. The summed E-state index contributed by atoms with van der Waals surface area (Å²) in [5, 5.41) is 0. The van der Waals surface area contributed by atoms with Crippen LogP contribution < -0.4 is 0 Å². The highest BCUT2D eigenvalue weighted by molar-refractivity contribution is 5.57. The average Bonchev–Trinajstić information content (AvgIpc) is 2.24. The minimum Gasteiger partial charge on any atom is -0.303 e. The first-order valence-electron chi connectivity index (χ1n) is 4.60. The van der Waals surface area contributed by atoms with Gasteiger partial charge in [-0.05, 0) is 31.1 Å². The van der Waals surface area contributed by atoms with Crippen molar-refractivity contribution in [2.75, 3.05) is 0 Å². The molecule has 0 unspecified atom stereocenters. The molecule has 0 spiro atoms. The summed E-state index contributed by atoms with van der Waals surface area (Å²) >= 11 is 0.